The van der Waals surface area contributed by atoms with Gasteiger partial charge in [-0.25, -0.2) is 4.68 Å². The van der Waals surface area contributed by atoms with E-state index in [1.54, 1.807) is 11.0 Å². The van der Waals surface area contributed by atoms with Crippen molar-refractivity contribution in [3.05, 3.63) is 77.6 Å². The summed E-state index contributed by atoms with van der Waals surface area (Å²) in [5.74, 6) is 0.718. The first-order valence-corrected chi connectivity index (χ1v) is 9.91. The van der Waals surface area contributed by atoms with Crippen LogP contribution in [-0.2, 0) is 13.0 Å². The van der Waals surface area contributed by atoms with Gasteiger partial charge in [-0.15, -0.1) is 5.10 Å². The van der Waals surface area contributed by atoms with Crippen LogP contribution in [0.4, 0.5) is 0 Å². The largest absolute Gasteiger partial charge is 0.338 e. The Balaban J connectivity index is 1.33. The molecule has 144 valence electrons. The number of amides is 1. The van der Waals surface area contributed by atoms with Gasteiger partial charge in [0.05, 0.1) is 6.54 Å². The van der Waals surface area contributed by atoms with Gasteiger partial charge in [-0.05, 0) is 65.3 Å². The second-order valence-corrected chi connectivity index (χ2v) is 7.49. The molecule has 1 aliphatic rings. The highest BCUT2D eigenvalue weighted by Gasteiger charge is 2.24. The Kier molecular flexibility index (Phi) is 5.75. The van der Waals surface area contributed by atoms with Gasteiger partial charge < -0.3 is 4.90 Å². The number of piperidine rings is 1. The van der Waals surface area contributed by atoms with Crippen molar-refractivity contribution in [2.45, 2.75) is 32.2 Å². The van der Waals surface area contributed by atoms with Crippen LogP contribution in [0, 0.1) is 5.92 Å². The lowest BCUT2D eigenvalue weighted by molar-refractivity contribution is 0.0668. The third-order valence-electron chi connectivity index (χ3n) is 5.43. The maximum atomic E-state index is 12.9. The van der Waals surface area contributed by atoms with Crippen LogP contribution >= 0.6 is 0 Å². The Morgan fingerprint density at radius 2 is 1.86 bits per heavy atom. The zero-order valence-electron chi connectivity index (χ0n) is 15.9. The van der Waals surface area contributed by atoms with E-state index < -0.39 is 0 Å². The predicted octanol–water partition coefficient (Wildman–Crippen LogP) is 3.21. The highest BCUT2D eigenvalue weighted by Crippen LogP contribution is 2.23. The lowest BCUT2D eigenvalue weighted by atomic mass is 9.91. The Morgan fingerprint density at radius 1 is 1.04 bits per heavy atom. The van der Waals surface area contributed by atoms with Crippen molar-refractivity contribution in [1.29, 1.82) is 0 Å². The predicted molar refractivity (Wildman–Crippen MR) is 107 cm³/mol. The van der Waals surface area contributed by atoms with Gasteiger partial charge >= 0.3 is 0 Å². The fourth-order valence-corrected chi connectivity index (χ4v) is 3.88. The fraction of sp³-hybridized carbons (Fsp3) is 0.364. The van der Waals surface area contributed by atoms with E-state index in [9.17, 15) is 4.79 Å². The van der Waals surface area contributed by atoms with E-state index in [2.05, 4.69) is 45.9 Å². The third-order valence-corrected chi connectivity index (χ3v) is 5.43. The number of aromatic nitrogens is 4. The van der Waals surface area contributed by atoms with Crippen LogP contribution in [0.5, 0.6) is 0 Å². The molecule has 0 saturated carbocycles. The minimum atomic E-state index is 0.137. The van der Waals surface area contributed by atoms with E-state index >= 15 is 0 Å². The topological polar surface area (TPSA) is 63.9 Å². The third kappa shape index (κ3) is 4.63. The lowest BCUT2D eigenvalue weighted by Crippen LogP contribution is -2.40. The van der Waals surface area contributed by atoms with Crippen molar-refractivity contribution in [1.82, 2.24) is 25.1 Å². The first-order valence-electron chi connectivity index (χ1n) is 9.91. The normalized spacial score (nSPS) is 16.9. The summed E-state index contributed by atoms with van der Waals surface area (Å²) in [5.41, 5.74) is 3.21. The van der Waals surface area contributed by atoms with Crippen molar-refractivity contribution in [2.24, 2.45) is 5.92 Å². The van der Waals surface area contributed by atoms with Gasteiger partial charge in [0.2, 0.25) is 0 Å². The van der Waals surface area contributed by atoms with Crippen LogP contribution < -0.4 is 0 Å². The Hall–Kier alpha value is -3.02. The van der Waals surface area contributed by atoms with Crippen molar-refractivity contribution in [2.75, 3.05) is 13.1 Å². The molecular weight excluding hydrogens is 350 g/mol. The summed E-state index contributed by atoms with van der Waals surface area (Å²) < 4.78 is 1.67. The molecule has 4 rings (SSSR count). The molecule has 1 amide bonds. The summed E-state index contributed by atoms with van der Waals surface area (Å²) >= 11 is 0. The van der Waals surface area contributed by atoms with Gasteiger partial charge in [0, 0.05) is 18.7 Å². The van der Waals surface area contributed by atoms with Crippen LogP contribution in [0.2, 0.25) is 0 Å². The number of aryl methyl sites for hydroxylation is 1. The highest BCUT2D eigenvalue weighted by atomic mass is 16.2. The first kappa shape index (κ1) is 18.3. The number of nitrogens with zero attached hydrogens (tertiary/aromatic N) is 5. The molecule has 1 atom stereocenters. The number of carbonyl (C=O) groups excluding carboxylic acids is 1. The Bertz CT molecular complexity index is 877. The molecule has 0 spiro atoms. The molecule has 1 fully saturated rings. The van der Waals surface area contributed by atoms with Gasteiger partial charge in [0.15, 0.2) is 0 Å². The maximum Gasteiger partial charge on any atom is 0.253 e. The molecule has 1 aliphatic heterocycles. The smallest absolute Gasteiger partial charge is 0.253 e. The van der Waals surface area contributed by atoms with E-state index in [0.717, 1.165) is 43.5 Å². The van der Waals surface area contributed by atoms with Crippen molar-refractivity contribution >= 4 is 5.91 Å². The van der Waals surface area contributed by atoms with Gasteiger partial charge in [-0.2, -0.15) is 0 Å². The quantitative estimate of drug-likeness (QED) is 0.664. The Labute approximate surface area is 165 Å². The average molecular weight is 375 g/mol. The SMILES string of the molecule is O=C(c1ccc(Cn2cnnn2)cc1)N1CCCC(CCc2ccccc2)C1. The van der Waals surface area contributed by atoms with Gasteiger partial charge in [-0.3, -0.25) is 4.79 Å². The molecule has 1 aromatic heterocycles. The number of tetrazole rings is 1. The number of hydrogen-bond donors (Lipinski definition) is 0. The minimum Gasteiger partial charge on any atom is -0.338 e. The molecule has 0 radical (unpaired) electrons. The van der Waals surface area contributed by atoms with Crippen LogP contribution in [0.15, 0.2) is 60.9 Å². The van der Waals surface area contributed by atoms with Crippen LogP contribution in [0.1, 0.15) is 40.7 Å². The molecule has 0 aliphatic carbocycles. The van der Waals surface area contributed by atoms with Crippen molar-refractivity contribution < 1.29 is 4.79 Å². The van der Waals surface area contributed by atoms with Crippen LogP contribution in [0.3, 0.4) is 0 Å². The standard InChI is InChI=1S/C22H25N5O/c28-22(21-12-10-20(11-13-21)16-27-17-23-24-25-27)26-14-4-7-19(15-26)9-8-18-5-2-1-3-6-18/h1-3,5-6,10-13,17,19H,4,7-9,14-16H2. The minimum absolute atomic E-state index is 0.137. The summed E-state index contributed by atoms with van der Waals surface area (Å²) in [5, 5.41) is 11.1. The van der Waals surface area contributed by atoms with E-state index in [-0.39, 0.29) is 5.91 Å². The summed E-state index contributed by atoms with van der Waals surface area (Å²) in [6.45, 7) is 2.32. The molecule has 2 aromatic carbocycles. The van der Waals surface area contributed by atoms with Gasteiger partial charge in [0.1, 0.15) is 6.33 Å². The van der Waals surface area contributed by atoms with Crippen LogP contribution in [-0.4, -0.2) is 44.1 Å². The van der Waals surface area contributed by atoms with E-state index in [4.69, 9.17) is 0 Å². The zero-order valence-corrected chi connectivity index (χ0v) is 15.9. The van der Waals surface area contributed by atoms with Gasteiger partial charge in [0.25, 0.3) is 5.91 Å². The summed E-state index contributed by atoms with van der Waals surface area (Å²) in [6, 6.07) is 18.4. The number of rotatable bonds is 6. The highest BCUT2D eigenvalue weighted by molar-refractivity contribution is 5.94. The lowest BCUT2D eigenvalue weighted by Gasteiger charge is -2.33. The van der Waals surface area contributed by atoms with E-state index in [1.807, 2.05) is 29.2 Å². The molecule has 1 saturated heterocycles. The molecular formula is C22H25N5O. The average Bonchev–Trinajstić information content (AvgIpc) is 3.26. The molecule has 0 N–H and O–H groups in total. The molecule has 1 unspecified atom stereocenters. The summed E-state index contributed by atoms with van der Waals surface area (Å²) in [7, 11) is 0. The number of benzene rings is 2. The van der Waals surface area contributed by atoms with E-state index in [0.29, 0.717) is 12.5 Å². The number of carbonyl (C=O) groups is 1. The van der Waals surface area contributed by atoms with Crippen molar-refractivity contribution in [3.8, 4) is 0 Å². The fourth-order valence-electron chi connectivity index (χ4n) is 3.88. The summed E-state index contributed by atoms with van der Waals surface area (Å²) in [6.07, 6.45) is 6.10. The van der Waals surface area contributed by atoms with Gasteiger partial charge in [-0.1, -0.05) is 42.5 Å². The molecule has 28 heavy (non-hydrogen) atoms. The Morgan fingerprint density at radius 3 is 2.61 bits per heavy atom. The van der Waals surface area contributed by atoms with Crippen molar-refractivity contribution in [3.63, 3.8) is 0 Å². The second kappa shape index (κ2) is 8.78. The molecule has 3 aromatic rings. The van der Waals surface area contributed by atoms with E-state index in [1.165, 1.54) is 12.0 Å². The van der Waals surface area contributed by atoms with Crippen LogP contribution in [0.25, 0.3) is 0 Å². The number of hydrogen-bond acceptors (Lipinski definition) is 4. The maximum absolute atomic E-state index is 12.9. The first-order chi connectivity index (χ1) is 13.8. The number of likely N-dealkylation sites (tertiary alicyclic amines) is 1. The summed E-state index contributed by atoms with van der Waals surface area (Å²) in [4.78, 5) is 15.0. The molecule has 6 heteroatoms. The molecule has 2 heterocycles. The second-order valence-electron chi connectivity index (χ2n) is 7.49. The zero-order chi connectivity index (χ0) is 19.2. The molecule has 6 nitrogen and oxygen atoms in total. The molecule has 0 bridgehead atoms. The monoisotopic (exact) mass is 375 g/mol.